The van der Waals surface area contributed by atoms with Crippen LogP contribution in [0.2, 0.25) is 5.15 Å². The first-order valence-corrected chi connectivity index (χ1v) is 9.03. The molecule has 3 N–H and O–H groups in total. The monoisotopic (exact) mass is 411 g/mol. The Morgan fingerprint density at radius 2 is 1.93 bits per heavy atom. The molecule has 0 saturated heterocycles. The zero-order valence-electron chi connectivity index (χ0n) is 14.6. The zero-order valence-corrected chi connectivity index (χ0v) is 15.4. The van der Waals surface area contributed by atoms with Crippen molar-refractivity contribution in [2.45, 2.75) is 43.9 Å². The van der Waals surface area contributed by atoms with Crippen LogP contribution in [0.4, 0.5) is 18.9 Å². The molecule has 10 heteroatoms. The van der Waals surface area contributed by atoms with Crippen molar-refractivity contribution in [2.75, 3.05) is 5.32 Å². The minimum atomic E-state index is -4.58. The van der Waals surface area contributed by atoms with E-state index in [4.69, 9.17) is 16.9 Å². The fraction of sp³-hybridized carbons (Fsp3) is 0.389. The highest BCUT2D eigenvalue weighted by molar-refractivity contribution is 6.32. The number of benzene rings is 1. The molecule has 0 radical (unpaired) electrons. The van der Waals surface area contributed by atoms with Crippen molar-refractivity contribution >= 4 is 23.2 Å². The van der Waals surface area contributed by atoms with Crippen molar-refractivity contribution in [2.24, 2.45) is 0 Å². The van der Waals surface area contributed by atoms with Crippen molar-refractivity contribution in [3.63, 3.8) is 0 Å². The second-order valence-corrected chi connectivity index (χ2v) is 7.01. The molecule has 0 spiro atoms. The van der Waals surface area contributed by atoms with Crippen molar-refractivity contribution in [1.29, 1.82) is 5.26 Å². The van der Waals surface area contributed by atoms with Crippen LogP contribution in [0.5, 0.6) is 0 Å². The fourth-order valence-electron chi connectivity index (χ4n) is 3.28. The van der Waals surface area contributed by atoms with Gasteiger partial charge in [0.25, 0.3) is 5.91 Å². The third kappa shape index (κ3) is 4.57. The first-order valence-electron chi connectivity index (χ1n) is 8.65. The van der Waals surface area contributed by atoms with Crippen LogP contribution in [0.3, 0.4) is 0 Å². The third-order valence-electron chi connectivity index (χ3n) is 4.72. The highest BCUT2D eigenvalue weighted by Crippen LogP contribution is 2.34. The summed E-state index contributed by atoms with van der Waals surface area (Å²) < 4.78 is 39.2. The summed E-state index contributed by atoms with van der Waals surface area (Å²) in [6.45, 7) is 0. The molecule has 148 valence electrons. The van der Waals surface area contributed by atoms with Gasteiger partial charge in [-0.25, -0.2) is 0 Å². The Labute approximate surface area is 164 Å². The summed E-state index contributed by atoms with van der Waals surface area (Å²) in [5, 5.41) is 21.2. The van der Waals surface area contributed by atoms with Gasteiger partial charge in [0.15, 0.2) is 0 Å². The van der Waals surface area contributed by atoms with Gasteiger partial charge in [-0.05, 0) is 43.9 Å². The van der Waals surface area contributed by atoms with Crippen molar-refractivity contribution in [1.82, 2.24) is 15.5 Å². The third-order valence-corrected chi connectivity index (χ3v) is 5.00. The number of nitrogens with one attached hydrogen (secondary N) is 3. The van der Waals surface area contributed by atoms with Crippen LogP contribution in [0.25, 0.3) is 0 Å². The molecule has 0 unspecified atom stereocenters. The maximum Gasteiger partial charge on any atom is 0.417 e. The van der Waals surface area contributed by atoms with Crippen LogP contribution < -0.4 is 10.6 Å². The van der Waals surface area contributed by atoms with Gasteiger partial charge in [0.2, 0.25) is 0 Å². The number of aromatic amines is 1. The van der Waals surface area contributed by atoms with Gasteiger partial charge in [-0.3, -0.25) is 9.89 Å². The standard InChI is InChI=1S/C18H17ClF3N5O/c19-16-14(9-24-27-16)17(28)26-12-5-3-11(4-6-12)25-13-2-1-10(8-23)15(7-13)18(20,21)22/h1-2,7,9,11-12,25H,3-6H2,(H,24,27)(H,26,28)/t11-,12+. The number of nitriles is 1. The number of nitrogens with zero attached hydrogens (tertiary/aromatic N) is 2. The molecular formula is C18H17ClF3N5O. The number of halogens is 4. The summed E-state index contributed by atoms with van der Waals surface area (Å²) in [6.07, 6.45) is -0.494. The molecule has 0 bridgehead atoms. The van der Waals surface area contributed by atoms with Crippen LogP contribution in [0.1, 0.15) is 47.2 Å². The Hall–Kier alpha value is -2.73. The molecule has 28 heavy (non-hydrogen) atoms. The van der Waals surface area contributed by atoms with E-state index in [9.17, 15) is 18.0 Å². The molecule has 1 aromatic heterocycles. The molecule has 0 aliphatic heterocycles. The first kappa shape index (κ1) is 20.0. The van der Waals surface area contributed by atoms with E-state index in [0.717, 1.165) is 6.07 Å². The number of aromatic nitrogens is 2. The molecule has 1 saturated carbocycles. The zero-order chi connectivity index (χ0) is 20.3. The van der Waals surface area contributed by atoms with Crippen molar-refractivity contribution < 1.29 is 18.0 Å². The number of rotatable bonds is 4. The van der Waals surface area contributed by atoms with E-state index in [1.807, 2.05) is 0 Å². The predicted octanol–water partition coefficient (Wildman–Crippen LogP) is 4.11. The van der Waals surface area contributed by atoms with Gasteiger partial charge < -0.3 is 10.6 Å². The minimum Gasteiger partial charge on any atom is -0.382 e. The van der Waals surface area contributed by atoms with E-state index in [2.05, 4.69) is 20.8 Å². The Morgan fingerprint density at radius 1 is 1.25 bits per heavy atom. The predicted molar refractivity (Wildman–Crippen MR) is 96.9 cm³/mol. The van der Waals surface area contributed by atoms with E-state index in [0.29, 0.717) is 31.4 Å². The minimum absolute atomic E-state index is 0.0142. The Morgan fingerprint density at radius 3 is 2.50 bits per heavy atom. The summed E-state index contributed by atoms with van der Waals surface area (Å²) in [5.74, 6) is -0.308. The summed E-state index contributed by atoms with van der Waals surface area (Å²) in [7, 11) is 0. The van der Waals surface area contributed by atoms with Gasteiger partial charge in [-0.15, -0.1) is 0 Å². The van der Waals surface area contributed by atoms with Gasteiger partial charge in [-0.2, -0.15) is 23.5 Å². The molecule has 0 atom stereocenters. The number of carbonyl (C=O) groups is 1. The summed E-state index contributed by atoms with van der Waals surface area (Å²) in [5.41, 5.74) is -0.747. The fourth-order valence-corrected chi connectivity index (χ4v) is 3.46. The highest BCUT2D eigenvalue weighted by atomic mass is 35.5. The van der Waals surface area contributed by atoms with Gasteiger partial charge in [-0.1, -0.05) is 11.6 Å². The summed E-state index contributed by atoms with van der Waals surface area (Å²) in [4.78, 5) is 12.2. The molecule has 1 aromatic carbocycles. The Kier molecular flexibility index (Phi) is 5.79. The van der Waals surface area contributed by atoms with E-state index in [1.54, 1.807) is 6.07 Å². The summed E-state index contributed by atoms with van der Waals surface area (Å²) >= 11 is 5.84. The van der Waals surface area contributed by atoms with Crippen LogP contribution in [0.15, 0.2) is 24.4 Å². The number of H-pyrrole nitrogens is 1. The van der Waals surface area contributed by atoms with E-state index in [-0.39, 0.29) is 28.7 Å². The lowest BCUT2D eigenvalue weighted by Gasteiger charge is -2.30. The van der Waals surface area contributed by atoms with Crippen LogP contribution in [0, 0.1) is 11.3 Å². The van der Waals surface area contributed by atoms with E-state index >= 15 is 0 Å². The molecule has 6 nitrogen and oxygen atoms in total. The second kappa shape index (κ2) is 8.10. The van der Waals surface area contributed by atoms with Crippen LogP contribution in [-0.4, -0.2) is 28.2 Å². The van der Waals surface area contributed by atoms with Crippen LogP contribution >= 0.6 is 11.6 Å². The molecule has 2 aromatic rings. The molecule has 1 heterocycles. The van der Waals surface area contributed by atoms with Crippen molar-refractivity contribution in [3.8, 4) is 6.07 Å². The van der Waals surface area contributed by atoms with Crippen LogP contribution in [-0.2, 0) is 6.18 Å². The molecule has 1 aliphatic rings. The molecule has 1 aliphatic carbocycles. The molecule has 3 rings (SSSR count). The average molecular weight is 412 g/mol. The topological polar surface area (TPSA) is 93.6 Å². The highest BCUT2D eigenvalue weighted by Gasteiger charge is 2.34. The molecule has 1 fully saturated rings. The van der Waals surface area contributed by atoms with Gasteiger partial charge >= 0.3 is 6.18 Å². The smallest absolute Gasteiger partial charge is 0.382 e. The number of hydrogen-bond acceptors (Lipinski definition) is 4. The van der Waals surface area contributed by atoms with Gasteiger partial charge in [0, 0.05) is 17.8 Å². The number of carbonyl (C=O) groups excluding carboxylic acids is 1. The second-order valence-electron chi connectivity index (χ2n) is 6.63. The number of hydrogen-bond donors (Lipinski definition) is 3. The Bertz CT molecular complexity index is 897. The maximum atomic E-state index is 13.1. The quantitative estimate of drug-likeness (QED) is 0.705. The van der Waals surface area contributed by atoms with Gasteiger partial charge in [0.1, 0.15) is 5.15 Å². The summed E-state index contributed by atoms with van der Waals surface area (Å²) in [6, 6.07) is 5.13. The van der Waals surface area contributed by atoms with Gasteiger partial charge in [0.05, 0.1) is 29.0 Å². The maximum absolute atomic E-state index is 13.1. The number of amides is 1. The SMILES string of the molecule is N#Cc1ccc(N[C@H]2CC[C@@H](NC(=O)c3cn[nH]c3Cl)CC2)cc1C(F)(F)F. The lowest BCUT2D eigenvalue weighted by Crippen LogP contribution is -2.40. The normalized spacial score (nSPS) is 19.7. The largest absolute Gasteiger partial charge is 0.417 e. The number of alkyl halides is 3. The van der Waals surface area contributed by atoms with Crippen molar-refractivity contribution in [3.05, 3.63) is 46.2 Å². The lowest BCUT2D eigenvalue weighted by atomic mass is 9.90. The van der Waals surface area contributed by atoms with E-state index < -0.39 is 17.3 Å². The Balaban J connectivity index is 1.57. The first-order chi connectivity index (χ1) is 13.3. The molecular weight excluding hydrogens is 395 g/mol. The lowest BCUT2D eigenvalue weighted by molar-refractivity contribution is -0.137. The molecule has 1 amide bonds. The number of anilines is 1. The van der Waals surface area contributed by atoms with E-state index in [1.165, 1.54) is 18.3 Å². The average Bonchev–Trinajstić information content (AvgIpc) is 3.08.